The van der Waals surface area contributed by atoms with Gasteiger partial charge in [0.25, 0.3) is 0 Å². The summed E-state index contributed by atoms with van der Waals surface area (Å²) < 4.78 is 29.0. The predicted molar refractivity (Wildman–Crippen MR) is 156 cm³/mol. The Morgan fingerprint density at radius 2 is 1.88 bits per heavy atom. The van der Waals surface area contributed by atoms with Crippen molar-refractivity contribution < 1.29 is 18.9 Å². The molecule has 5 N–H and O–H groups in total. The van der Waals surface area contributed by atoms with Crippen molar-refractivity contribution in [3.63, 3.8) is 0 Å². The standard InChI is InChI=1S/C27H32BrN9O5/c1-27(2)41-20-18(40-25(21(20)42-27)37-14-34-19-23(30)32-13-33-24(19)37)7-8-31-11-15-12-36(26(38)35-22(15)29)9-10-39-17-5-3-16(28)4-6-17/h3-6,12-14,18,20-21,25,31H,7-11H2,1-2H3,(H2,29,35,38)(H2,30,32,33). The number of ether oxygens (including phenoxy) is 4. The molecule has 14 nitrogen and oxygen atoms in total. The fourth-order valence-corrected chi connectivity index (χ4v) is 5.54. The highest BCUT2D eigenvalue weighted by molar-refractivity contribution is 9.10. The molecular weight excluding hydrogens is 610 g/mol. The van der Waals surface area contributed by atoms with Crippen LogP contribution in [0.5, 0.6) is 5.75 Å². The molecule has 222 valence electrons. The molecule has 0 saturated carbocycles. The van der Waals surface area contributed by atoms with Crippen molar-refractivity contribution in [3.05, 3.63) is 63.6 Å². The molecule has 4 aromatic rings. The van der Waals surface area contributed by atoms with Gasteiger partial charge < -0.3 is 35.7 Å². The summed E-state index contributed by atoms with van der Waals surface area (Å²) in [4.78, 5) is 29.1. The minimum atomic E-state index is -0.762. The van der Waals surface area contributed by atoms with Crippen LogP contribution in [0.25, 0.3) is 11.2 Å². The third-order valence-electron chi connectivity index (χ3n) is 7.22. The highest BCUT2D eigenvalue weighted by atomic mass is 79.9. The van der Waals surface area contributed by atoms with Crippen molar-refractivity contribution in [2.24, 2.45) is 0 Å². The van der Waals surface area contributed by atoms with Gasteiger partial charge in [0.2, 0.25) is 0 Å². The van der Waals surface area contributed by atoms with E-state index in [4.69, 9.17) is 30.4 Å². The number of rotatable bonds is 10. The first-order chi connectivity index (χ1) is 20.2. The van der Waals surface area contributed by atoms with Gasteiger partial charge in [0.05, 0.1) is 19.0 Å². The van der Waals surface area contributed by atoms with E-state index in [-0.39, 0.29) is 24.1 Å². The summed E-state index contributed by atoms with van der Waals surface area (Å²) in [6.07, 6.45) is 3.99. The number of benzene rings is 1. The number of halogens is 1. The van der Waals surface area contributed by atoms with Crippen LogP contribution in [0.4, 0.5) is 11.6 Å². The zero-order valence-corrected chi connectivity index (χ0v) is 24.7. The van der Waals surface area contributed by atoms with Crippen LogP contribution in [0.2, 0.25) is 0 Å². The number of anilines is 2. The maximum atomic E-state index is 12.4. The third kappa shape index (κ3) is 5.83. The van der Waals surface area contributed by atoms with Crippen LogP contribution in [-0.4, -0.2) is 66.3 Å². The molecular formula is C27H32BrN9O5. The van der Waals surface area contributed by atoms with Crippen LogP contribution in [0.3, 0.4) is 0 Å². The molecule has 6 rings (SSSR count). The Labute approximate surface area is 249 Å². The molecule has 2 aliphatic heterocycles. The van der Waals surface area contributed by atoms with Crippen molar-refractivity contribution in [1.29, 1.82) is 0 Å². The summed E-state index contributed by atoms with van der Waals surface area (Å²) in [6, 6.07) is 7.50. The zero-order valence-electron chi connectivity index (χ0n) is 23.1. The lowest BCUT2D eigenvalue weighted by atomic mass is 10.1. The Hall–Kier alpha value is -3.63. The molecule has 1 aromatic carbocycles. The van der Waals surface area contributed by atoms with Crippen LogP contribution in [0.15, 0.2) is 52.4 Å². The number of aromatic nitrogens is 6. The average Bonchev–Trinajstić information content (AvgIpc) is 3.61. The minimum Gasteiger partial charge on any atom is -0.492 e. The van der Waals surface area contributed by atoms with Crippen LogP contribution in [0.1, 0.15) is 32.1 Å². The molecule has 0 aliphatic carbocycles. The normalized spacial score (nSPS) is 22.9. The van der Waals surface area contributed by atoms with Crippen molar-refractivity contribution in [1.82, 2.24) is 34.4 Å². The third-order valence-corrected chi connectivity index (χ3v) is 7.75. The summed E-state index contributed by atoms with van der Waals surface area (Å²) in [7, 11) is 0. The number of nitrogen functional groups attached to an aromatic ring is 2. The lowest BCUT2D eigenvalue weighted by molar-refractivity contribution is -0.196. The van der Waals surface area contributed by atoms with Crippen LogP contribution < -0.4 is 27.2 Å². The van der Waals surface area contributed by atoms with E-state index in [0.29, 0.717) is 61.0 Å². The highest BCUT2D eigenvalue weighted by Crippen LogP contribution is 2.44. The maximum Gasteiger partial charge on any atom is 0.349 e. The number of hydrogen-bond acceptors (Lipinski definition) is 12. The van der Waals surface area contributed by atoms with Crippen LogP contribution >= 0.6 is 15.9 Å². The minimum absolute atomic E-state index is 0.192. The second-order valence-electron chi connectivity index (χ2n) is 10.6. The lowest BCUT2D eigenvalue weighted by Crippen LogP contribution is -2.32. The summed E-state index contributed by atoms with van der Waals surface area (Å²) in [5, 5.41) is 3.39. The summed E-state index contributed by atoms with van der Waals surface area (Å²) in [5.74, 6) is 0.448. The smallest absolute Gasteiger partial charge is 0.349 e. The highest BCUT2D eigenvalue weighted by Gasteiger charge is 2.55. The van der Waals surface area contributed by atoms with Crippen molar-refractivity contribution in [2.75, 3.05) is 24.6 Å². The van der Waals surface area contributed by atoms with Gasteiger partial charge in [-0.25, -0.2) is 19.7 Å². The molecule has 2 saturated heterocycles. The predicted octanol–water partition coefficient (Wildman–Crippen LogP) is 1.99. The van der Waals surface area contributed by atoms with Crippen molar-refractivity contribution in [2.45, 2.75) is 63.7 Å². The Bertz CT molecular complexity index is 1630. The number of imidazole rings is 1. The molecule has 15 heteroatoms. The number of nitrogens with one attached hydrogen (secondary N) is 1. The van der Waals surface area contributed by atoms with Crippen molar-refractivity contribution >= 4 is 38.7 Å². The number of hydrogen-bond donors (Lipinski definition) is 3. The molecule has 5 heterocycles. The van der Waals surface area contributed by atoms with E-state index >= 15 is 0 Å². The van der Waals surface area contributed by atoms with Gasteiger partial charge in [-0.15, -0.1) is 0 Å². The van der Waals surface area contributed by atoms with E-state index < -0.39 is 17.7 Å². The molecule has 2 fully saturated rings. The molecule has 0 spiro atoms. The summed E-state index contributed by atoms with van der Waals surface area (Å²) in [5.41, 5.74) is 13.4. The molecule has 0 bridgehead atoms. The second-order valence-corrected chi connectivity index (χ2v) is 11.5. The van der Waals surface area contributed by atoms with Gasteiger partial charge in [-0.1, -0.05) is 15.9 Å². The molecule has 3 aromatic heterocycles. The number of nitrogens with two attached hydrogens (primary N) is 2. The molecule has 0 amide bonds. The van der Waals surface area contributed by atoms with Gasteiger partial charge in [-0.05, 0) is 51.1 Å². The van der Waals surface area contributed by atoms with E-state index in [2.05, 4.69) is 41.2 Å². The van der Waals surface area contributed by atoms with Gasteiger partial charge in [0.15, 0.2) is 23.5 Å². The van der Waals surface area contributed by atoms with E-state index in [1.54, 1.807) is 12.5 Å². The van der Waals surface area contributed by atoms with Gasteiger partial charge in [0.1, 0.15) is 42.2 Å². The second kappa shape index (κ2) is 11.6. The van der Waals surface area contributed by atoms with E-state index in [1.807, 2.05) is 42.7 Å². The topological polar surface area (TPSA) is 179 Å². The average molecular weight is 643 g/mol. The Kier molecular flexibility index (Phi) is 7.85. The Morgan fingerprint density at radius 1 is 1.10 bits per heavy atom. The van der Waals surface area contributed by atoms with Gasteiger partial charge in [0, 0.05) is 22.8 Å². The van der Waals surface area contributed by atoms with E-state index in [0.717, 1.165) is 4.47 Å². The quantitative estimate of drug-likeness (QED) is 0.215. The molecule has 0 radical (unpaired) electrons. The number of nitrogens with zero attached hydrogens (tertiary/aromatic N) is 6. The first kappa shape index (κ1) is 28.5. The lowest BCUT2D eigenvalue weighted by Gasteiger charge is -2.25. The van der Waals surface area contributed by atoms with Gasteiger partial charge in [-0.2, -0.15) is 4.98 Å². The van der Waals surface area contributed by atoms with E-state index in [1.165, 1.54) is 10.9 Å². The van der Waals surface area contributed by atoms with Crippen LogP contribution in [-0.2, 0) is 27.3 Å². The summed E-state index contributed by atoms with van der Waals surface area (Å²) >= 11 is 3.40. The molecule has 42 heavy (non-hydrogen) atoms. The first-order valence-corrected chi connectivity index (χ1v) is 14.4. The monoisotopic (exact) mass is 641 g/mol. The first-order valence-electron chi connectivity index (χ1n) is 13.6. The van der Waals surface area contributed by atoms with Gasteiger partial charge in [-0.3, -0.25) is 9.13 Å². The van der Waals surface area contributed by atoms with Crippen LogP contribution in [0, 0.1) is 0 Å². The maximum absolute atomic E-state index is 12.4. The Morgan fingerprint density at radius 3 is 2.69 bits per heavy atom. The summed E-state index contributed by atoms with van der Waals surface area (Å²) in [6.45, 7) is 5.43. The van der Waals surface area contributed by atoms with Crippen molar-refractivity contribution in [3.8, 4) is 5.75 Å². The molecule has 4 unspecified atom stereocenters. The van der Waals surface area contributed by atoms with Gasteiger partial charge >= 0.3 is 5.69 Å². The largest absolute Gasteiger partial charge is 0.492 e. The fraction of sp³-hybridized carbons (Fsp3) is 0.444. The number of fused-ring (bicyclic) bond motifs is 2. The Balaban J connectivity index is 1.07. The fourth-order valence-electron chi connectivity index (χ4n) is 5.28. The molecule has 2 aliphatic rings. The SMILES string of the molecule is CC1(C)OC2C(CCNCc3cn(CCOc4ccc(Br)cc4)c(=O)nc3N)OC(n3cnc4c(N)ncnc43)C2O1. The zero-order chi connectivity index (χ0) is 29.4. The molecule has 4 atom stereocenters. The van der Waals surface area contributed by atoms with E-state index in [9.17, 15) is 4.79 Å².